The van der Waals surface area contributed by atoms with Crippen molar-refractivity contribution >= 4 is 56.2 Å². The van der Waals surface area contributed by atoms with Crippen LogP contribution in [0.4, 0.5) is 28.9 Å². The quantitative estimate of drug-likeness (QED) is 0.296. The van der Waals surface area contributed by atoms with Gasteiger partial charge in [0.25, 0.3) is 0 Å². The lowest BCUT2D eigenvalue weighted by atomic mass is 10.2. The zero-order valence-corrected chi connectivity index (χ0v) is 13.6. The molecular weight excluding hydrogens is 408 g/mol. The van der Waals surface area contributed by atoms with Gasteiger partial charge in [0.2, 0.25) is 0 Å². The third-order valence-corrected chi connectivity index (χ3v) is 3.70. The average Bonchev–Trinajstić information content (AvgIpc) is 2.50. The average molecular weight is 414 g/mol. The van der Waals surface area contributed by atoms with Crippen LogP contribution in [0.25, 0.3) is 0 Å². The molecular formula is C13H6BrClF4N2S. The molecule has 9 heteroatoms. The highest BCUT2D eigenvalue weighted by Gasteiger charge is 2.24. The van der Waals surface area contributed by atoms with Gasteiger partial charge in [-0.1, -0.05) is 11.6 Å². The number of hydrogen-bond acceptors (Lipinski definition) is 1. The van der Waals surface area contributed by atoms with Gasteiger partial charge in [0, 0.05) is 10.7 Å². The van der Waals surface area contributed by atoms with E-state index in [4.69, 9.17) is 23.8 Å². The van der Waals surface area contributed by atoms with E-state index in [1.165, 1.54) is 0 Å². The molecule has 0 saturated carbocycles. The van der Waals surface area contributed by atoms with Gasteiger partial charge in [0.05, 0.1) is 4.47 Å². The Hall–Kier alpha value is -1.38. The fraction of sp³-hybridized carbons (Fsp3) is 0. The fourth-order valence-electron chi connectivity index (χ4n) is 1.52. The summed E-state index contributed by atoms with van der Waals surface area (Å²) in [5.74, 6) is -6.30. The topological polar surface area (TPSA) is 24.1 Å². The van der Waals surface area contributed by atoms with Crippen LogP contribution in [0.3, 0.4) is 0 Å². The second-order valence-electron chi connectivity index (χ2n) is 4.03. The predicted molar refractivity (Wildman–Crippen MR) is 85.3 cm³/mol. The standard InChI is InChI=1S/C13H6BrClF4N2S/c14-7-8(16)10(18)12(11(19)9(7)17)21-13(22)20-6-3-1-5(15)2-4-6/h1-4H,(H2,20,21,22). The van der Waals surface area contributed by atoms with Gasteiger partial charge >= 0.3 is 0 Å². The van der Waals surface area contributed by atoms with Crippen molar-refractivity contribution in [3.63, 3.8) is 0 Å². The lowest BCUT2D eigenvalue weighted by molar-refractivity contribution is 0.452. The fourth-order valence-corrected chi connectivity index (χ4v) is 2.22. The Morgan fingerprint density at radius 2 is 1.41 bits per heavy atom. The van der Waals surface area contributed by atoms with Crippen LogP contribution in [-0.4, -0.2) is 5.11 Å². The van der Waals surface area contributed by atoms with Crippen molar-refractivity contribution in [2.45, 2.75) is 0 Å². The highest BCUT2D eigenvalue weighted by atomic mass is 79.9. The Kier molecular flexibility index (Phi) is 5.25. The molecule has 0 radical (unpaired) electrons. The molecule has 0 bridgehead atoms. The molecule has 0 atom stereocenters. The van der Waals surface area contributed by atoms with E-state index in [0.717, 1.165) is 0 Å². The maximum atomic E-state index is 13.7. The number of anilines is 2. The van der Waals surface area contributed by atoms with Gasteiger partial charge in [0.1, 0.15) is 5.69 Å². The summed E-state index contributed by atoms with van der Waals surface area (Å²) in [5, 5.41) is 4.92. The van der Waals surface area contributed by atoms with Crippen molar-refractivity contribution in [1.29, 1.82) is 0 Å². The van der Waals surface area contributed by atoms with Crippen LogP contribution < -0.4 is 10.6 Å². The first-order chi connectivity index (χ1) is 10.3. The minimum atomic E-state index is -1.59. The van der Waals surface area contributed by atoms with Crippen LogP contribution in [0.5, 0.6) is 0 Å². The molecule has 0 unspecified atom stereocenters. The van der Waals surface area contributed by atoms with E-state index in [1.54, 1.807) is 24.3 Å². The predicted octanol–water partition coefficient (Wildman–Crippen LogP) is 5.47. The molecule has 116 valence electrons. The van der Waals surface area contributed by atoms with Crippen molar-refractivity contribution in [3.8, 4) is 0 Å². The number of hydrogen-bond donors (Lipinski definition) is 2. The summed E-state index contributed by atoms with van der Waals surface area (Å²) >= 11 is 13.0. The molecule has 2 nitrogen and oxygen atoms in total. The van der Waals surface area contributed by atoms with E-state index in [-0.39, 0.29) is 5.11 Å². The van der Waals surface area contributed by atoms with Gasteiger partial charge in [-0.15, -0.1) is 0 Å². The van der Waals surface area contributed by atoms with Gasteiger partial charge in [-0.2, -0.15) is 0 Å². The Balaban J connectivity index is 2.24. The van der Waals surface area contributed by atoms with Crippen molar-refractivity contribution in [2.75, 3.05) is 10.6 Å². The smallest absolute Gasteiger partial charge is 0.186 e. The number of thiocarbonyl (C=S) groups is 1. The van der Waals surface area contributed by atoms with Gasteiger partial charge in [-0.3, -0.25) is 0 Å². The maximum Gasteiger partial charge on any atom is 0.186 e. The minimum Gasteiger partial charge on any atom is -0.332 e. The molecule has 0 aliphatic carbocycles. The molecule has 2 aromatic carbocycles. The van der Waals surface area contributed by atoms with E-state index in [2.05, 4.69) is 26.6 Å². The minimum absolute atomic E-state index is 0.249. The Morgan fingerprint density at radius 3 is 1.91 bits per heavy atom. The van der Waals surface area contributed by atoms with Gasteiger partial charge in [-0.05, 0) is 52.4 Å². The second kappa shape index (κ2) is 6.80. The zero-order valence-electron chi connectivity index (χ0n) is 10.5. The first-order valence-electron chi connectivity index (χ1n) is 5.66. The molecule has 0 amide bonds. The van der Waals surface area contributed by atoms with E-state index in [9.17, 15) is 17.6 Å². The lowest BCUT2D eigenvalue weighted by Gasteiger charge is -2.13. The first-order valence-corrected chi connectivity index (χ1v) is 7.24. The Morgan fingerprint density at radius 1 is 0.909 bits per heavy atom. The summed E-state index contributed by atoms with van der Waals surface area (Å²) in [6.07, 6.45) is 0. The van der Waals surface area contributed by atoms with E-state index < -0.39 is 33.4 Å². The van der Waals surface area contributed by atoms with Crippen LogP contribution in [0.1, 0.15) is 0 Å². The largest absolute Gasteiger partial charge is 0.332 e. The van der Waals surface area contributed by atoms with E-state index in [1.807, 2.05) is 0 Å². The number of nitrogens with one attached hydrogen (secondary N) is 2. The Labute approximate surface area is 141 Å². The molecule has 0 fully saturated rings. The zero-order chi connectivity index (χ0) is 16.4. The molecule has 2 aromatic rings. The maximum absolute atomic E-state index is 13.7. The highest BCUT2D eigenvalue weighted by molar-refractivity contribution is 9.10. The van der Waals surface area contributed by atoms with Gasteiger partial charge < -0.3 is 10.6 Å². The molecule has 0 aromatic heterocycles. The second-order valence-corrected chi connectivity index (χ2v) is 5.67. The van der Waals surface area contributed by atoms with Crippen molar-refractivity contribution < 1.29 is 17.6 Å². The van der Waals surface area contributed by atoms with Crippen molar-refractivity contribution in [2.24, 2.45) is 0 Å². The van der Waals surface area contributed by atoms with E-state index in [0.29, 0.717) is 10.7 Å². The van der Waals surface area contributed by atoms with Crippen LogP contribution in [0.15, 0.2) is 28.7 Å². The summed E-state index contributed by atoms with van der Waals surface area (Å²) in [5.41, 5.74) is -0.551. The summed E-state index contributed by atoms with van der Waals surface area (Å²) in [6, 6.07) is 6.25. The Bertz CT molecular complexity index is 711. The van der Waals surface area contributed by atoms with Crippen molar-refractivity contribution in [3.05, 3.63) is 57.0 Å². The monoisotopic (exact) mass is 412 g/mol. The SMILES string of the molecule is Fc1c(F)c(NC(=S)Nc2ccc(Cl)cc2)c(F)c(F)c1Br. The van der Waals surface area contributed by atoms with Crippen LogP contribution in [0.2, 0.25) is 5.02 Å². The normalized spacial score (nSPS) is 10.5. The molecule has 2 rings (SSSR count). The van der Waals surface area contributed by atoms with E-state index >= 15 is 0 Å². The summed E-state index contributed by atoms with van der Waals surface area (Å²) in [7, 11) is 0. The third kappa shape index (κ3) is 3.50. The van der Waals surface area contributed by atoms with Crippen molar-refractivity contribution in [1.82, 2.24) is 0 Å². The third-order valence-electron chi connectivity index (χ3n) is 2.55. The number of benzene rings is 2. The van der Waals surface area contributed by atoms with Crippen LogP contribution in [0, 0.1) is 23.3 Å². The molecule has 2 N–H and O–H groups in total. The highest BCUT2D eigenvalue weighted by Crippen LogP contribution is 2.31. The first kappa shape index (κ1) is 17.0. The van der Waals surface area contributed by atoms with Crippen LogP contribution in [-0.2, 0) is 0 Å². The summed E-state index contributed by atoms with van der Waals surface area (Å²) in [6.45, 7) is 0. The lowest BCUT2D eigenvalue weighted by Crippen LogP contribution is -2.21. The summed E-state index contributed by atoms with van der Waals surface area (Å²) in [4.78, 5) is 0. The molecule has 0 saturated heterocycles. The van der Waals surface area contributed by atoms with Gasteiger partial charge in [0.15, 0.2) is 28.4 Å². The molecule has 0 aliphatic heterocycles. The van der Waals surface area contributed by atoms with Gasteiger partial charge in [-0.25, -0.2) is 17.6 Å². The number of rotatable bonds is 2. The molecule has 0 spiro atoms. The summed E-state index contributed by atoms with van der Waals surface area (Å²) < 4.78 is 53.2. The molecule has 0 aliphatic rings. The number of halogens is 6. The van der Waals surface area contributed by atoms with Crippen LogP contribution >= 0.6 is 39.7 Å². The molecule has 22 heavy (non-hydrogen) atoms. The molecule has 0 heterocycles.